The molecule has 1 amide bonds. The third-order valence-corrected chi connectivity index (χ3v) is 2.81. The van der Waals surface area contributed by atoms with E-state index in [9.17, 15) is 9.18 Å². The quantitative estimate of drug-likeness (QED) is 0.884. The largest absolute Gasteiger partial charge is 0.497 e. The maximum Gasteiger partial charge on any atom is 0.256 e. The van der Waals surface area contributed by atoms with E-state index >= 15 is 0 Å². The highest BCUT2D eigenvalue weighted by Crippen LogP contribution is 2.17. The van der Waals surface area contributed by atoms with Crippen molar-refractivity contribution in [3.63, 3.8) is 0 Å². The molecule has 0 atom stereocenters. The Kier molecular flexibility index (Phi) is 5.37. The Labute approximate surface area is 112 Å². The molecule has 1 aliphatic rings. The number of nitrogens with zero attached hydrogens (tertiary/aromatic N) is 1. The van der Waals surface area contributed by atoms with E-state index < -0.39 is 5.82 Å². The molecule has 0 saturated carbocycles. The molecule has 0 radical (unpaired) electrons. The summed E-state index contributed by atoms with van der Waals surface area (Å²) in [5.41, 5.74) is 0.104. The van der Waals surface area contributed by atoms with Crippen molar-refractivity contribution in [2.45, 2.75) is 0 Å². The van der Waals surface area contributed by atoms with Crippen molar-refractivity contribution >= 4 is 18.3 Å². The second-order valence-corrected chi connectivity index (χ2v) is 3.89. The number of hydrogen-bond donors (Lipinski definition) is 1. The summed E-state index contributed by atoms with van der Waals surface area (Å²) in [7, 11) is 1.46. The van der Waals surface area contributed by atoms with Gasteiger partial charge in [0.25, 0.3) is 5.91 Å². The summed E-state index contributed by atoms with van der Waals surface area (Å²) in [5, 5.41) is 3.15. The van der Waals surface area contributed by atoms with Gasteiger partial charge in [-0.25, -0.2) is 4.39 Å². The normalized spacial score (nSPS) is 14.9. The maximum atomic E-state index is 13.7. The first-order valence-electron chi connectivity index (χ1n) is 5.56. The Morgan fingerprint density at radius 3 is 2.61 bits per heavy atom. The number of piperazine rings is 1. The first kappa shape index (κ1) is 14.7. The lowest BCUT2D eigenvalue weighted by molar-refractivity contribution is 0.0731. The van der Waals surface area contributed by atoms with Crippen LogP contribution in [-0.2, 0) is 0 Å². The number of amides is 1. The van der Waals surface area contributed by atoms with Gasteiger partial charge >= 0.3 is 0 Å². The summed E-state index contributed by atoms with van der Waals surface area (Å²) in [5.74, 6) is -0.376. The second kappa shape index (κ2) is 6.56. The average Bonchev–Trinajstić information content (AvgIpc) is 2.39. The molecule has 4 nitrogen and oxygen atoms in total. The molecule has 1 heterocycles. The zero-order valence-electron chi connectivity index (χ0n) is 10.1. The highest BCUT2D eigenvalue weighted by atomic mass is 35.5. The van der Waals surface area contributed by atoms with Gasteiger partial charge in [-0.1, -0.05) is 0 Å². The van der Waals surface area contributed by atoms with E-state index in [1.807, 2.05) is 0 Å². The third kappa shape index (κ3) is 3.11. The van der Waals surface area contributed by atoms with Gasteiger partial charge in [0, 0.05) is 32.2 Å². The van der Waals surface area contributed by atoms with Crippen LogP contribution in [0.5, 0.6) is 5.75 Å². The van der Waals surface area contributed by atoms with Gasteiger partial charge < -0.3 is 15.0 Å². The Hall–Kier alpha value is -1.33. The van der Waals surface area contributed by atoms with E-state index in [-0.39, 0.29) is 23.9 Å². The Morgan fingerprint density at radius 1 is 1.39 bits per heavy atom. The predicted molar refractivity (Wildman–Crippen MR) is 69.0 cm³/mol. The lowest BCUT2D eigenvalue weighted by atomic mass is 10.1. The van der Waals surface area contributed by atoms with Crippen LogP contribution in [0.3, 0.4) is 0 Å². The van der Waals surface area contributed by atoms with Crippen LogP contribution >= 0.6 is 12.4 Å². The molecule has 0 unspecified atom stereocenters. The molecule has 1 aromatic rings. The zero-order chi connectivity index (χ0) is 12.3. The van der Waals surface area contributed by atoms with Crippen molar-refractivity contribution in [2.24, 2.45) is 0 Å². The number of carbonyl (C=O) groups is 1. The van der Waals surface area contributed by atoms with Gasteiger partial charge in [-0.3, -0.25) is 4.79 Å². The molecule has 0 aliphatic carbocycles. The molecule has 0 spiro atoms. The van der Waals surface area contributed by atoms with Crippen LogP contribution in [0.2, 0.25) is 0 Å². The van der Waals surface area contributed by atoms with Gasteiger partial charge in [-0.2, -0.15) is 0 Å². The third-order valence-electron chi connectivity index (χ3n) is 2.81. The van der Waals surface area contributed by atoms with E-state index in [1.54, 1.807) is 11.0 Å². The van der Waals surface area contributed by atoms with Gasteiger partial charge in [-0.05, 0) is 12.1 Å². The summed E-state index contributed by atoms with van der Waals surface area (Å²) >= 11 is 0. The van der Waals surface area contributed by atoms with Crippen molar-refractivity contribution in [1.82, 2.24) is 10.2 Å². The van der Waals surface area contributed by atoms with E-state index in [0.717, 1.165) is 13.1 Å². The fourth-order valence-corrected chi connectivity index (χ4v) is 1.83. The van der Waals surface area contributed by atoms with Crippen LogP contribution in [0.15, 0.2) is 18.2 Å². The highest BCUT2D eigenvalue weighted by Gasteiger charge is 2.20. The molecule has 1 aromatic carbocycles. The lowest BCUT2D eigenvalue weighted by Crippen LogP contribution is -2.46. The Morgan fingerprint density at radius 2 is 2.06 bits per heavy atom. The maximum absolute atomic E-state index is 13.7. The van der Waals surface area contributed by atoms with Gasteiger partial charge in [0.15, 0.2) is 0 Å². The van der Waals surface area contributed by atoms with Crippen molar-refractivity contribution in [3.8, 4) is 5.75 Å². The van der Waals surface area contributed by atoms with Gasteiger partial charge in [-0.15, -0.1) is 12.4 Å². The first-order valence-corrected chi connectivity index (χ1v) is 5.56. The number of nitrogens with one attached hydrogen (secondary N) is 1. The molecule has 6 heteroatoms. The number of halogens is 2. The average molecular weight is 275 g/mol. The van der Waals surface area contributed by atoms with Crippen LogP contribution in [0, 0.1) is 5.82 Å². The van der Waals surface area contributed by atoms with Crippen LogP contribution in [0.25, 0.3) is 0 Å². The zero-order valence-corrected chi connectivity index (χ0v) is 10.9. The molecule has 1 saturated heterocycles. The molecule has 0 aromatic heterocycles. The summed E-state index contributed by atoms with van der Waals surface area (Å²) in [6.07, 6.45) is 0. The molecule has 100 valence electrons. The molecular formula is C12H16ClFN2O2. The molecule has 2 rings (SSSR count). The highest BCUT2D eigenvalue weighted by molar-refractivity contribution is 5.94. The Balaban J connectivity index is 0.00000162. The molecule has 1 N–H and O–H groups in total. The molecule has 0 bridgehead atoms. The van der Waals surface area contributed by atoms with Crippen molar-refractivity contribution in [2.75, 3.05) is 33.3 Å². The van der Waals surface area contributed by atoms with Crippen molar-refractivity contribution < 1.29 is 13.9 Å². The van der Waals surface area contributed by atoms with Gasteiger partial charge in [0.1, 0.15) is 11.6 Å². The topological polar surface area (TPSA) is 41.6 Å². The summed E-state index contributed by atoms with van der Waals surface area (Å²) in [6, 6.07) is 4.30. The molecule has 1 fully saturated rings. The monoisotopic (exact) mass is 274 g/mol. The minimum atomic E-state index is -0.534. The van der Waals surface area contributed by atoms with Crippen LogP contribution in [0.4, 0.5) is 4.39 Å². The standard InChI is InChI=1S/C12H15FN2O2.ClH/c1-17-9-2-3-10(11(13)8-9)12(16)15-6-4-14-5-7-15;/h2-3,8,14H,4-7H2,1H3;1H. The van der Waals surface area contributed by atoms with E-state index in [1.165, 1.54) is 19.2 Å². The van der Waals surface area contributed by atoms with E-state index in [4.69, 9.17) is 4.74 Å². The Bertz CT molecular complexity index is 423. The second-order valence-electron chi connectivity index (χ2n) is 3.89. The number of carbonyl (C=O) groups excluding carboxylic acids is 1. The van der Waals surface area contributed by atoms with E-state index in [2.05, 4.69) is 5.32 Å². The van der Waals surface area contributed by atoms with Crippen LogP contribution < -0.4 is 10.1 Å². The lowest BCUT2D eigenvalue weighted by Gasteiger charge is -2.27. The van der Waals surface area contributed by atoms with Gasteiger partial charge in [0.2, 0.25) is 0 Å². The van der Waals surface area contributed by atoms with Crippen LogP contribution in [-0.4, -0.2) is 44.1 Å². The fraction of sp³-hybridized carbons (Fsp3) is 0.417. The van der Waals surface area contributed by atoms with Crippen LogP contribution in [0.1, 0.15) is 10.4 Å². The summed E-state index contributed by atoms with van der Waals surface area (Å²) in [4.78, 5) is 13.7. The minimum absolute atomic E-state index is 0. The minimum Gasteiger partial charge on any atom is -0.497 e. The van der Waals surface area contributed by atoms with Crippen molar-refractivity contribution in [1.29, 1.82) is 0 Å². The SMILES string of the molecule is COc1ccc(C(=O)N2CCNCC2)c(F)c1.Cl. The van der Waals surface area contributed by atoms with E-state index in [0.29, 0.717) is 18.8 Å². The number of methoxy groups -OCH3 is 1. The molecular weight excluding hydrogens is 259 g/mol. The van der Waals surface area contributed by atoms with Crippen molar-refractivity contribution in [3.05, 3.63) is 29.6 Å². The first-order chi connectivity index (χ1) is 8.22. The number of ether oxygens (including phenoxy) is 1. The number of benzene rings is 1. The molecule has 1 aliphatic heterocycles. The smallest absolute Gasteiger partial charge is 0.256 e. The predicted octanol–water partition coefficient (Wildman–Crippen LogP) is 1.30. The van der Waals surface area contributed by atoms with Gasteiger partial charge in [0.05, 0.1) is 12.7 Å². The fourth-order valence-electron chi connectivity index (χ4n) is 1.83. The summed E-state index contributed by atoms with van der Waals surface area (Å²) in [6.45, 7) is 2.74. The number of hydrogen-bond acceptors (Lipinski definition) is 3. The number of rotatable bonds is 2. The summed E-state index contributed by atoms with van der Waals surface area (Å²) < 4.78 is 18.6. The molecule has 18 heavy (non-hydrogen) atoms.